The zero-order chi connectivity index (χ0) is 11.9. The summed E-state index contributed by atoms with van der Waals surface area (Å²) in [6.07, 6.45) is 0. The van der Waals surface area contributed by atoms with Gasteiger partial charge in [-0.2, -0.15) is 0 Å². The van der Waals surface area contributed by atoms with Crippen LogP contribution in [0, 0.1) is 0 Å². The van der Waals surface area contributed by atoms with Gasteiger partial charge in [0.1, 0.15) is 0 Å². The van der Waals surface area contributed by atoms with E-state index in [4.69, 9.17) is 0 Å². The highest BCUT2D eigenvalue weighted by Crippen LogP contribution is 2.34. The zero-order valence-corrected chi connectivity index (χ0v) is 11.0. The lowest BCUT2D eigenvalue weighted by molar-refractivity contribution is 0.589. The van der Waals surface area contributed by atoms with E-state index in [9.17, 15) is 0 Å². The summed E-state index contributed by atoms with van der Waals surface area (Å²) in [5.41, 5.74) is 4.20. The number of nitrogens with zero attached hydrogens (tertiary/aromatic N) is 1. The summed E-state index contributed by atoms with van der Waals surface area (Å²) in [7, 11) is 2.18. The molecule has 0 amide bonds. The fourth-order valence-corrected chi connectivity index (χ4v) is 2.07. The molecule has 1 heterocycles. The number of likely N-dealkylation sites (N-methyl/N-ethyl adjacent to an activating group) is 1. The normalized spacial score (nSPS) is 20.3. The monoisotopic (exact) mass is 218 g/mol. The summed E-state index contributed by atoms with van der Waals surface area (Å²) < 4.78 is 0. The number of nitrogens with one attached hydrogen (secondary N) is 1. The second-order valence-corrected chi connectivity index (χ2v) is 5.82. The van der Waals surface area contributed by atoms with Crippen LogP contribution in [0.4, 0.5) is 11.4 Å². The quantitative estimate of drug-likeness (QED) is 0.719. The Balaban J connectivity index is 2.45. The molecule has 0 bridgehead atoms. The van der Waals surface area contributed by atoms with Gasteiger partial charge in [-0.05, 0) is 30.0 Å². The molecule has 88 valence electrons. The van der Waals surface area contributed by atoms with E-state index in [1.807, 2.05) is 0 Å². The van der Waals surface area contributed by atoms with Crippen LogP contribution in [0.15, 0.2) is 18.2 Å². The second-order valence-electron chi connectivity index (χ2n) is 5.82. The smallest absolute Gasteiger partial charge is 0.0605 e. The molecule has 2 heteroatoms. The fraction of sp³-hybridized carbons (Fsp3) is 0.571. The maximum Gasteiger partial charge on any atom is 0.0605 e. The van der Waals surface area contributed by atoms with Gasteiger partial charge in [-0.3, -0.25) is 0 Å². The van der Waals surface area contributed by atoms with Crippen molar-refractivity contribution in [3.63, 3.8) is 0 Å². The van der Waals surface area contributed by atoms with E-state index < -0.39 is 0 Å². The molecule has 0 fully saturated rings. The summed E-state index contributed by atoms with van der Waals surface area (Å²) in [5.74, 6) is 0. The number of hydrogen-bond donors (Lipinski definition) is 1. The molecule has 16 heavy (non-hydrogen) atoms. The molecular formula is C14H22N2. The predicted molar refractivity (Wildman–Crippen MR) is 71.5 cm³/mol. The largest absolute Gasteiger partial charge is 0.381 e. The molecule has 1 atom stereocenters. The van der Waals surface area contributed by atoms with Crippen molar-refractivity contribution < 1.29 is 0 Å². The highest BCUT2D eigenvalue weighted by Gasteiger charge is 2.22. The molecule has 1 aromatic rings. The first-order chi connectivity index (χ1) is 7.39. The molecule has 0 spiro atoms. The average Bonchev–Trinajstić information content (AvgIpc) is 2.22. The average molecular weight is 218 g/mol. The third-order valence-electron chi connectivity index (χ3n) is 3.49. The number of hydrogen-bond acceptors (Lipinski definition) is 2. The minimum atomic E-state index is 0.219. The minimum Gasteiger partial charge on any atom is -0.381 e. The molecule has 0 radical (unpaired) electrons. The van der Waals surface area contributed by atoms with E-state index in [-0.39, 0.29) is 5.41 Å². The number of fused-ring (bicyclic) bond motifs is 1. The highest BCUT2D eigenvalue weighted by molar-refractivity contribution is 5.73. The van der Waals surface area contributed by atoms with Gasteiger partial charge < -0.3 is 10.2 Å². The minimum absolute atomic E-state index is 0.219. The van der Waals surface area contributed by atoms with Crippen molar-refractivity contribution in [2.75, 3.05) is 23.8 Å². The summed E-state index contributed by atoms with van der Waals surface area (Å²) in [6.45, 7) is 10.1. The van der Waals surface area contributed by atoms with Crippen LogP contribution >= 0.6 is 0 Å². The molecule has 0 saturated carbocycles. The molecule has 0 aromatic heterocycles. The topological polar surface area (TPSA) is 15.3 Å². The van der Waals surface area contributed by atoms with Gasteiger partial charge in [0.15, 0.2) is 0 Å². The summed E-state index contributed by atoms with van der Waals surface area (Å²) >= 11 is 0. The van der Waals surface area contributed by atoms with E-state index in [0.29, 0.717) is 6.04 Å². The van der Waals surface area contributed by atoms with E-state index in [1.54, 1.807) is 0 Å². The molecule has 1 unspecified atom stereocenters. The summed E-state index contributed by atoms with van der Waals surface area (Å²) in [6, 6.07) is 7.31. The molecule has 2 nitrogen and oxygen atoms in total. The van der Waals surface area contributed by atoms with Crippen molar-refractivity contribution >= 4 is 11.4 Å². The third-order valence-corrected chi connectivity index (χ3v) is 3.49. The van der Waals surface area contributed by atoms with Gasteiger partial charge in [-0.1, -0.05) is 26.8 Å². The Bertz CT molecular complexity index is 390. The van der Waals surface area contributed by atoms with E-state index in [0.717, 1.165) is 6.54 Å². The molecular weight excluding hydrogens is 196 g/mol. The van der Waals surface area contributed by atoms with Gasteiger partial charge in [0, 0.05) is 19.6 Å². The molecule has 1 aromatic carbocycles. The Kier molecular flexibility index (Phi) is 2.61. The number of benzene rings is 1. The standard InChI is InChI=1S/C14H22N2/c1-10-9-15-12-7-6-11(14(2,3)4)8-13(12)16(10)5/h6-8,10,15H,9H2,1-5H3. The van der Waals surface area contributed by atoms with Crippen LogP contribution < -0.4 is 10.2 Å². The molecule has 1 aliphatic rings. The van der Waals surface area contributed by atoms with Crippen LogP contribution in [-0.4, -0.2) is 19.6 Å². The van der Waals surface area contributed by atoms with Crippen molar-refractivity contribution in [2.24, 2.45) is 0 Å². The first-order valence-electron chi connectivity index (χ1n) is 6.01. The Morgan fingerprint density at radius 2 is 2.00 bits per heavy atom. The van der Waals surface area contributed by atoms with E-state index >= 15 is 0 Å². The van der Waals surface area contributed by atoms with Crippen LogP contribution in [0.1, 0.15) is 33.3 Å². The van der Waals surface area contributed by atoms with Crippen LogP contribution in [0.25, 0.3) is 0 Å². The molecule has 2 rings (SSSR count). The van der Waals surface area contributed by atoms with E-state index in [1.165, 1.54) is 16.9 Å². The summed E-state index contributed by atoms with van der Waals surface area (Å²) in [4.78, 5) is 2.36. The fourth-order valence-electron chi connectivity index (χ4n) is 2.07. The Morgan fingerprint density at radius 1 is 1.31 bits per heavy atom. The first-order valence-corrected chi connectivity index (χ1v) is 6.01. The van der Waals surface area contributed by atoms with Crippen molar-refractivity contribution in [3.8, 4) is 0 Å². The van der Waals surface area contributed by atoms with Crippen molar-refractivity contribution in [3.05, 3.63) is 23.8 Å². The molecule has 1 aliphatic heterocycles. The van der Waals surface area contributed by atoms with Gasteiger partial charge in [0.25, 0.3) is 0 Å². The molecule has 1 N–H and O–H groups in total. The lowest BCUT2D eigenvalue weighted by Gasteiger charge is -2.36. The van der Waals surface area contributed by atoms with Crippen LogP contribution in [0.2, 0.25) is 0 Å². The predicted octanol–water partition coefficient (Wildman–Crippen LogP) is 3.23. The van der Waals surface area contributed by atoms with Crippen LogP contribution in [-0.2, 0) is 5.41 Å². The third kappa shape index (κ3) is 1.89. The SMILES string of the molecule is CC1CNc2ccc(C(C)(C)C)cc2N1C. The maximum atomic E-state index is 3.48. The van der Waals surface area contributed by atoms with Gasteiger partial charge in [-0.25, -0.2) is 0 Å². The maximum absolute atomic E-state index is 3.48. The Hall–Kier alpha value is -1.18. The van der Waals surface area contributed by atoms with Crippen molar-refractivity contribution in [2.45, 2.75) is 39.2 Å². The van der Waals surface area contributed by atoms with Gasteiger partial charge in [-0.15, -0.1) is 0 Å². The van der Waals surface area contributed by atoms with E-state index in [2.05, 4.69) is 63.2 Å². The second kappa shape index (κ2) is 3.69. The highest BCUT2D eigenvalue weighted by atomic mass is 15.2. The Labute approximate surface area is 98.7 Å². The molecule has 0 aliphatic carbocycles. The molecule has 0 saturated heterocycles. The van der Waals surface area contributed by atoms with Gasteiger partial charge >= 0.3 is 0 Å². The van der Waals surface area contributed by atoms with Crippen LogP contribution in [0.5, 0.6) is 0 Å². The zero-order valence-electron chi connectivity index (χ0n) is 11.0. The lowest BCUT2D eigenvalue weighted by Crippen LogP contribution is -2.39. The Morgan fingerprint density at radius 3 is 2.62 bits per heavy atom. The summed E-state index contributed by atoms with van der Waals surface area (Å²) in [5, 5.41) is 3.48. The van der Waals surface area contributed by atoms with Crippen molar-refractivity contribution in [1.82, 2.24) is 0 Å². The van der Waals surface area contributed by atoms with Gasteiger partial charge in [0.05, 0.1) is 11.4 Å². The number of rotatable bonds is 0. The van der Waals surface area contributed by atoms with Crippen LogP contribution in [0.3, 0.4) is 0 Å². The van der Waals surface area contributed by atoms with Crippen molar-refractivity contribution in [1.29, 1.82) is 0 Å². The number of anilines is 2. The lowest BCUT2D eigenvalue weighted by atomic mass is 9.86. The first kappa shape index (κ1) is 11.3. The van der Waals surface area contributed by atoms with Gasteiger partial charge in [0.2, 0.25) is 0 Å².